The van der Waals surface area contributed by atoms with E-state index >= 15 is 0 Å². The van der Waals surface area contributed by atoms with Crippen LogP contribution in [0.25, 0.3) is 5.65 Å². The molecule has 0 aliphatic carbocycles. The van der Waals surface area contributed by atoms with Gasteiger partial charge in [0, 0.05) is 37.9 Å². The van der Waals surface area contributed by atoms with Crippen LogP contribution in [-0.2, 0) is 0 Å². The van der Waals surface area contributed by atoms with Gasteiger partial charge in [0.1, 0.15) is 11.2 Å². The average molecular weight is 272 g/mol. The number of amides is 1. The Morgan fingerprint density at radius 3 is 3.05 bits per heavy atom. The molecule has 1 amide bonds. The average Bonchev–Trinajstić information content (AvgIpc) is 2.36. The number of hydrogen-bond acceptors (Lipinski definition) is 4. The number of aromatic nitrogens is 2. The summed E-state index contributed by atoms with van der Waals surface area (Å²) in [5.41, 5.74) is 1.32. The van der Waals surface area contributed by atoms with E-state index in [-0.39, 0.29) is 17.0 Å². The van der Waals surface area contributed by atoms with Gasteiger partial charge in [-0.2, -0.15) is 0 Å². The molecule has 0 atom stereocenters. The number of aryl methyl sites for hydroxylation is 1. The summed E-state index contributed by atoms with van der Waals surface area (Å²) < 4.78 is 1.40. The van der Waals surface area contributed by atoms with Crippen molar-refractivity contribution in [2.24, 2.45) is 5.92 Å². The highest BCUT2D eigenvalue weighted by Crippen LogP contribution is 2.03. The van der Waals surface area contributed by atoms with Gasteiger partial charge >= 0.3 is 0 Å². The van der Waals surface area contributed by atoms with E-state index in [4.69, 9.17) is 0 Å². The Kier molecular flexibility index (Phi) is 3.23. The Balaban J connectivity index is 1.87. The predicted molar refractivity (Wildman–Crippen MR) is 74.9 cm³/mol. The zero-order valence-corrected chi connectivity index (χ0v) is 11.2. The molecule has 0 radical (unpaired) electrons. The van der Waals surface area contributed by atoms with Gasteiger partial charge in [0.15, 0.2) is 0 Å². The van der Waals surface area contributed by atoms with Crippen molar-refractivity contribution in [3.05, 3.63) is 46.0 Å². The molecule has 0 aromatic carbocycles. The Bertz CT molecular complexity index is 719. The third kappa shape index (κ3) is 2.30. The van der Waals surface area contributed by atoms with Crippen LogP contribution in [0.1, 0.15) is 15.9 Å². The van der Waals surface area contributed by atoms with Gasteiger partial charge in [-0.05, 0) is 24.6 Å². The van der Waals surface area contributed by atoms with E-state index in [0.717, 1.165) is 18.7 Å². The van der Waals surface area contributed by atoms with E-state index in [9.17, 15) is 9.59 Å². The van der Waals surface area contributed by atoms with Gasteiger partial charge in [0.05, 0.1) is 0 Å². The maximum absolute atomic E-state index is 12.3. The first-order valence-corrected chi connectivity index (χ1v) is 6.62. The molecule has 6 heteroatoms. The third-order valence-electron chi connectivity index (χ3n) is 3.53. The van der Waals surface area contributed by atoms with Gasteiger partial charge in [-0.3, -0.25) is 14.0 Å². The largest absolute Gasteiger partial charge is 0.351 e. The van der Waals surface area contributed by atoms with E-state index in [1.54, 1.807) is 6.20 Å². The quantitative estimate of drug-likeness (QED) is 0.821. The van der Waals surface area contributed by atoms with E-state index in [1.165, 1.54) is 10.6 Å². The minimum absolute atomic E-state index is 0.0821. The molecule has 20 heavy (non-hydrogen) atoms. The first-order chi connectivity index (χ1) is 9.65. The van der Waals surface area contributed by atoms with E-state index in [0.29, 0.717) is 18.1 Å². The van der Waals surface area contributed by atoms with E-state index in [2.05, 4.69) is 15.6 Å². The Hall–Kier alpha value is -2.21. The van der Waals surface area contributed by atoms with Crippen molar-refractivity contribution in [2.75, 3.05) is 19.6 Å². The molecular weight excluding hydrogens is 256 g/mol. The fourth-order valence-corrected chi connectivity index (χ4v) is 2.16. The fraction of sp³-hybridized carbons (Fsp3) is 0.357. The molecule has 1 saturated heterocycles. The van der Waals surface area contributed by atoms with Crippen molar-refractivity contribution in [1.29, 1.82) is 0 Å². The number of nitrogens with zero attached hydrogens (tertiary/aromatic N) is 2. The minimum atomic E-state index is -0.357. The zero-order valence-electron chi connectivity index (χ0n) is 11.2. The molecule has 1 fully saturated rings. The zero-order chi connectivity index (χ0) is 14.1. The Labute approximate surface area is 115 Å². The van der Waals surface area contributed by atoms with E-state index in [1.807, 2.05) is 19.1 Å². The first kappa shape index (κ1) is 12.8. The molecule has 2 aromatic rings. The second-order valence-electron chi connectivity index (χ2n) is 5.14. The highest BCUT2D eigenvalue weighted by atomic mass is 16.2. The highest BCUT2D eigenvalue weighted by molar-refractivity contribution is 5.93. The fourth-order valence-electron chi connectivity index (χ4n) is 2.16. The number of pyridine rings is 1. The maximum Gasteiger partial charge on any atom is 0.270 e. The lowest BCUT2D eigenvalue weighted by atomic mass is 10.0. The molecular formula is C14H16N4O2. The highest BCUT2D eigenvalue weighted by Gasteiger charge is 2.19. The predicted octanol–water partition coefficient (Wildman–Crippen LogP) is -0.0479. The number of hydrogen-bond donors (Lipinski definition) is 2. The van der Waals surface area contributed by atoms with Crippen molar-refractivity contribution in [2.45, 2.75) is 6.92 Å². The molecule has 6 nitrogen and oxygen atoms in total. The molecule has 0 saturated carbocycles. The lowest BCUT2D eigenvalue weighted by Crippen LogP contribution is -2.48. The first-order valence-electron chi connectivity index (χ1n) is 6.62. The molecule has 2 aromatic heterocycles. The SMILES string of the molecule is Cc1ccn2c(=O)c(C(=O)NCC3CNC3)cnc2c1. The molecule has 104 valence electrons. The van der Waals surface area contributed by atoms with Crippen molar-refractivity contribution < 1.29 is 4.79 Å². The van der Waals surface area contributed by atoms with Crippen LogP contribution in [0.5, 0.6) is 0 Å². The lowest BCUT2D eigenvalue weighted by Gasteiger charge is -2.26. The molecule has 0 bridgehead atoms. The Morgan fingerprint density at radius 1 is 1.55 bits per heavy atom. The summed E-state index contributed by atoms with van der Waals surface area (Å²) in [5.74, 6) is 0.0992. The number of fused-ring (bicyclic) bond motifs is 1. The van der Waals surface area contributed by atoms with Crippen LogP contribution in [0.3, 0.4) is 0 Å². The number of carbonyl (C=O) groups is 1. The van der Waals surface area contributed by atoms with Crippen molar-refractivity contribution in [1.82, 2.24) is 20.0 Å². The second-order valence-corrected chi connectivity index (χ2v) is 5.14. The summed E-state index contributed by atoms with van der Waals surface area (Å²) in [6.07, 6.45) is 3.00. The summed E-state index contributed by atoms with van der Waals surface area (Å²) in [7, 11) is 0. The topological polar surface area (TPSA) is 75.5 Å². The van der Waals surface area contributed by atoms with E-state index < -0.39 is 0 Å². The molecule has 2 N–H and O–H groups in total. The third-order valence-corrected chi connectivity index (χ3v) is 3.53. The van der Waals surface area contributed by atoms with Gasteiger partial charge in [-0.15, -0.1) is 0 Å². The number of rotatable bonds is 3. The summed E-state index contributed by atoms with van der Waals surface area (Å²) in [6.45, 7) is 4.34. The summed E-state index contributed by atoms with van der Waals surface area (Å²) in [4.78, 5) is 28.5. The van der Waals surface area contributed by atoms with Gasteiger partial charge in [-0.25, -0.2) is 4.98 Å². The molecule has 3 heterocycles. The van der Waals surface area contributed by atoms with Crippen LogP contribution >= 0.6 is 0 Å². The van der Waals surface area contributed by atoms with Crippen molar-refractivity contribution in [3.63, 3.8) is 0 Å². The summed E-state index contributed by atoms with van der Waals surface area (Å²) in [5, 5.41) is 5.92. The van der Waals surface area contributed by atoms with Crippen LogP contribution < -0.4 is 16.2 Å². The van der Waals surface area contributed by atoms with Gasteiger partial charge in [0.2, 0.25) is 0 Å². The van der Waals surface area contributed by atoms with Crippen LogP contribution in [0.4, 0.5) is 0 Å². The van der Waals surface area contributed by atoms with Gasteiger partial charge in [-0.1, -0.05) is 0 Å². The molecule has 0 unspecified atom stereocenters. The standard InChI is InChI=1S/C14H16N4O2/c1-9-2-3-18-12(4-9)16-8-11(14(18)20)13(19)17-7-10-5-15-6-10/h2-4,8,10,15H,5-7H2,1H3,(H,17,19). The number of nitrogens with one attached hydrogen (secondary N) is 2. The van der Waals surface area contributed by atoms with Gasteiger partial charge < -0.3 is 10.6 Å². The summed E-state index contributed by atoms with van der Waals surface area (Å²) >= 11 is 0. The van der Waals surface area contributed by atoms with Crippen LogP contribution in [0.2, 0.25) is 0 Å². The molecule has 0 spiro atoms. The normalized spacial score (nSPS) is 15.1. The second kappa shape index (κ2) is 5.05. The van der Waals surface area contributed by atoms with Crippen LogP contribution in [-0.4, -0.2) is 34.9 Å². The molecule has 1 aliphatic rings. The smallest absolute Gasteiger partial charge is 0.270 e. The van der Waals surface area contributed by atoms with Crippen LogP contribution in [0, 0.1) is 12.8 Å². The summed E-state index contributed by atoms with van der Waals surface area (Å²) in [6, 6.07) is 3.63. The lowest BCUT2D eigenvalue weighted by molar-refractivity contribution is 0.0940. The molecule has 1 aliphatic heterocycles. The Morgan fingerprint density at radius 2 is 2.35 bits per heavy atom. The number of carbonyl (C=O) groups excluding carboxylic acids is 1. The van der Waals surface area contributed by atoms with Crippen molar-refractivity contribution >= 4 is 11.6 Å². The van der Waals surface area contributed by atoms with Gasteiger partial charge in [0.25, 0.3) is 11.5 Å². The monoisotopic (exact) mass is 272 g/mol. The maximum atomic E-state index is 12.3. The minimum Gasteiger partial charge on any atom is -0.351 e. The molecule has 3 rings (SSSR count). The van der Waals surface area contributed by atoms with Crippen molar-refractivity contribution in [3.8, 4) is 0 Å². The van der Waals surface area contributed by atoms with Crippen LogP contribution in [0.15, 0.2) is 29.3 Å².